The van der Waals surface area contributed by atoms with E-state index in [2.05, 4.69) is 5.32 Å². The highest BCUT2D eigenvalue weighted by Crippen LogP contribution is 2.26. The van der Waals surface area contributed by atoms with Gasteiger partial charge >= 0.3 is 0 Å². The van der Waals surface area contributed by atoms with E-state index in [9.17, 15) is 13.2 Å². The van der Waals surface area contributed by atoms with Crippen molar-refractivity contribution < 1.29 is 17.9 Å². The van der Waals surface area contributed by atoms with Crippen molar-refractivity contribution in [1.29, 1.82) is 0 Å². The molecule has 3 aromatic carbocycles. The first-order valence-electron chi connectivity index (χ1n) is 9.38. The first kappa shape index (κ1) is 21.4. The van der Waals surface area contributed by atoms with Crippen LogP contribution in [0.1, 0.15) is 11.1 Å². The standard InChI is InChI=1S/C23H24N2O4S/c1-17-9-14-22(29-3)21(15-17)24-23(26)16-18-10-12-19(13-11-18)25(2)30(27,28)20-7-5-4-6-8-20/h4-15H,16H2,1-3H3,(H,24,26). The quantitative estimate of drug-likeness (QED) is 0.622. The molecule has 0 atom stereocenters. The molecule has 6 nitrogen and oxygen atoms in total. The molecule has 0 aliphatic rings. The molecule has 7 heteroatoms. The number of ether oxygens (including phenoxy) is 1. The zero-order chi connectivity index (χ0) is 21.7. The van der Waals surface area contributed by atoms with E-state index in [1.807, 2.05) is 25.1 Å². The Morgan fingerprint density at radius 1 is 1.00 bits per heavy atom. The number of hydrogen-bond acceptors (Lipinski definition) is 4. The van der Waals surface area contributed by atoms with Crippen LogP contribution in [0.5, 0.6) is 5.75 Å². The summed E-state index contributed by atoms with van der Waals surface area (Å²) in [7, 11) is -0.578. The van der Waals surface area contributed by atoms with Gasteiger partial charge in [-0.3, -0.25) is 9.10 Å². The maximum absolute atomic E-state index is 12.7. The highest BCUT2D eigenvalue weighted by atomic mass is 32.2. The molecule has 0 aliphatic carbocycles. The molecule has 0 radical (unpaired) electrons. The summed E-state index contributed by atoms with van der Waals surface area (Å²) in [5.41, 5.74) is 2.92. The number of methoxy groups -OCH3 is 1. The second-order valence-electron chi connectivity index (χ2n) is 6.88. The first-order valence-corrected chi connectivity index (χ1v) is 10.8. The maximum atomic E-state index is 12.7. The molecule has 0 unspecified atom stereocenters. The van der Waals surface area contributed by atoms with E-state index in [1.54, 1.807) is 61.7 Å². The van der Waals surface area contributed by atoms with Gasteiger partial charge in [-0.2, -0.15) is 0 Å². The van der Waals surface area contributed by atoms with Crippen molar-refractivity contribution in [2.24, 2.45) is 0 Å². The van der Waals surface area contributed by atoms with Crippen LogP contribution in [0.25, 0.3) is 0 Å². The van der Waals surface area contributed by atoms with Crippen molar-refractivity contribution in [2.45, 2.75) is 18.2 Å². The minimum atomic E-state index is -3.64. The molecule has 0 heterocycles. The zero-order valence-electron chi connectivity index (χ0n) is 17.1. The number of aryl methyl sites for hydroxylation is 1. The molecule has 30 heavy (non-hydrogen) atoms. The highest BCUT2D eigenvalue weighted by molar-refractivity contribution is 7.92. The predicted octanol–water partition coefficient (Wildman–Crippen LogP) is 4.01. The second-order valence-corrected chi connectivity index (χ2v) is 8.85. The maximum Gasteiger partial charge on any atom is 0.264 e. The summed E-state index contributed by atoms with van der Waals surface area (Å²) >= 11 is 0. The van der Waals surface area contributed by atoms with Crippen LogP contribution >= 0.6 is 0 Å². The van der Waals surface area contributed by atoms with E-state index in [4.69, 9.17) is 4.74 Å². The molecule has 0 fully saturated rings. The lowest BCUT2D eigenvalue weighted by Gasteiger charge is -2.19. The smallest absolute Gasteiger partial charge is 0.264 e. The summed E-state index contributed by atoms with van der Waals surface area (Å²) in [4.78, 5) is 12.7. The van der Waals surface area contributed by atoms with Gasteiger partial charge in [0.05, 0.1) is 29.8 Å². The average molecular weight is 425 g/mol. The summed E-state index contributed by atoms with van der Waals surface area (Å²) < 4.78 is 32.0. The minimum absolute atomic E-state index is 0.159. The van der Waals surface area contributed by atoms with E-state index < -0.39 is 10.0 Å². The molecule has 0 spiro atoms. The fourth-order valence-electron chi connectivity index (χ4n) is 3.01. The zero-order valence-corrected chi connectivity index (χ0v) is 17.9. The number of carbonyl (C=O) groups excluding carboxylic acids is 1. The Morgan fingerprint density at radius 2 is 1.67 bits per heavy atom. The molecule has 1 N–H and O–H groups in total. The lowest BCUT2D eigenvalue weighted by atomic mass is 10.1. The molecule has 0 saturated heterocycles. The number of sulfonamides is 1. The third kappa shape index (κ3) is 4.80. The Balaban J connectivity index is 1.70. The number of nitrogens with zero attached hydrogens (tertiary/aromatic N) is 1. The number of amides is 1. The fourth-order valence-corrected chi connectivity index (χ4v) is 4.23. The van der Waals surface area contributed by atoms with Crippen LogP contribution in [-0.2, 0) is 21.2 Å². The number of benzene rings is 3. The Hall–Kier alpha value is -3.32. The summed E-state index contributed by atoms with van der Waals surface area (Å²) in [6.45, 7) is 1.94. The number of anilines is 2. The third-order valence-electron chi connectivity index (χ3n) is 4.70. The normalized spacial score (nSPS) is 11.0. The van der Waals surface area contributed by atoms with Gasteiger partial charge in [0.15, 0.2) is 0 Å². The van der Waals surface area contributed by atoms with Gasteiger partial charge in [0, 0.05) is 7.05 Å². The van der Waals surface area contributed by atoms with Crippen LogP contribution in [0, 0.1) is 6.92 Å². The van der Waals surface area contributed by atoms with E-state index in [1.165, 1.54) is 11.4 Å². The van der Waals surface area contributed by atoms with Crippen LogP contribution in [0.3, 0.4) is 0 Å². The van der Waals surface area contributed by atoms with Gasteiger partial charge in [0.2, 0.25) is 5.91 Å². The molecular formula is C23H24N2O4S. The van der Waals surface area contributed by atoms with Crippen molar-refractivity contribution >= 4 is 27.3 Å². The highest BCUT2D eigenvalue weighted by Gasteiger charge is 2.20. The Kier molecular flexibility index (Phi) is 6.42. The first-order chi connectivity index (χ1) is 14.3. The lowest BCUT2D eigenvalue weighted by molar-refractivity contribution is -0.115. The van der Waals surface area contributed by atoms with Crippen LogP contribution in [0.4, 0.5) is 11.4 Å². The molecule has 1 amide bonds. The van der Waals surface area contributed by atoms with E-state index >= 15 is 0 Å². The third-order valence-corrected chi connectivity index (χ3v) is 6.50. The number of rotatable bonds is 7. The van der Waals surface area contributed by atoms with Gasteiger partial charge in [-0.15, -0.1) is 0 Å². The molecule has 0 aliphatic heterocycles. The molecule has 3 rings (SSSR count). The summed E-state index contributed by atoms with van der Waals surface area (Å²) in [5.74, 6) is 0.411. The second kappa shape index (κ2) is 9.00. The predicted molar refractivity (Wildman–Crippen MR) is 119 cm³/mol. The number of hydrogen-bond donors (Lipinski definition) is 1. The molecule has 0 saturated carbocycles. The molecule has 0 aromatic heterocycles. The van der Waals surface area contributed by atoms with Crippen molar-refractivity contribution in [3.8, 4) is 5.75 Å². The van der Waals surface area contributed by atoms with E-state index in [0.717, 1.165) is 11.1 Å². The largest absolute Gasteiger partial charge is 0.495 e. The number of nitrogens with one attached hydrogen (secondary N) is 1. The molecular weight excluding hydrogens is 400 g/mol. The van der Waals surface area contributed by atoms with Gasteiger partial charge < -0.3 is 10.1 Å². The fraction of sp³-hybridized carbons (Fsp3) is 0.174. The van der Waals surface area contributed by atoms with Crippen LogP contribution in [-0.4, -0.2) is 28.5 Å². The van der Waals surface area contributed by atoms with Gasteiger partial charge in [-0.1, -0.05) is 36.4 Å². The van der Waals surface area contributed by atoms with Crippen molar-refractivity contribution in [1.82, 2.24) is 0 Å². The van der Waals surface area contributed by atoms with Crippen LogP contribution in [0.15, 0.2) is 77.7 Å². The van der Waals surface area contributed by atoms with Gasteiger partial charge in [-0.05, 0) is 54.4 Å². The Bertz CT molecular complexity index is 1130. The van der Waals surface area contributed by atoms with Crippen LogP contribution < -0.4 is 14.4 Å². The summed E-state index contributed by atoms with van der Waals surface area (Å²) in [6.07, 6.45) is 0.159. The topological polar surface area (TPSA) is 75.7 Å². The summed E-state index contributed by atoms with van der Waals surface area (Å²) in [5, 5.41) is 2.86. The number of carbonyl (C=O) groups is 1. The van der Waals surface area contributed by atoms with Crippen molar-refractivity contribution in [3.63, 3.8) is 0 Å². The Labute approximate surface area is 177 Å². The van der Waals surface area contributed by atoms with Gasteiger partial charge in [-0.25, -0.2) is 8.42 Å². The van der Waals surface area contributed by atoms with Gasteiger partial charge in [0.25, 0.3) is 10.0 Å². The van der Waals surface area contributed by atoms with Crippen molar-refractivity contribution in [3.05, 3.63) is 83.9 Å². The van der Waals surface area contributed by atoms with E-state index in [-0.39, 0.29) is 17.2 Å². The molecule has 156 valence electrons. The van der Waals surface area contributed by atoms with Crippen LogP contribution in [0.2, 0.25) is 0 Å². The molecule has 3 aromatic rings. The minimum Gasteiger partial charge on any atom is -0.495 e. The lowest BCUT2D eigenvalue weighted by Crippen LogP contribution is -2.26. The molecule has 0 bridgehead atoms. The SMILES string of the molecule is COc1ccc(C)cc1NC(=O)Cc1ccc(N(C)S(=O)(=O)c2ccccc2)cc1. The monoisotopic (exact) mass is 424 g/mol. The van der Waals surface area contributed by atoms with E-state index in [0.29, 0.717) is 17.1 Å². The van der Waals surface area contributed by atoms with Crippen molar-refractivity contribution in [2.75, 3.05) is 23.8 Å². The van der Waals surface area contributed by atoms with Gasteiger partial charge in [0.1, 0.15) is 5.75 Å². The average Bonchev–Trinajstić information content (AvgIpc) is 2.74. The Morgan fingerprint density at radius 3 is 2.30 bits per heavy atom. The summed E-state index contributed by atoms with van der Waals surface area (Å²) in [6, 6.07) is 20.7.